The summed E-state index contributed by atoms with van der Waals surface area (Å²) in [5.41, 5.74) is 1.24. The zero-order valence-corrected chi connectivity index (χ0v) is 19.1. The first kappa shape index (κ1) is 21.8. The molecule has 0 bridgehead atoms. The SMILES string of the molecule is C=C(CCCO[Si](c1ccccc1)(c1ccccc1)C(C)(C)C)C1C=CCOC1. The highest BCUT2D eigenvalue weighted by molar-refractivity contribution is 6.99. The lowest BCUT2D eigenvalue weighted by Crippen LogP contribution is -2.66. The third-order valence-electron chi connectivity index (χ3n) is 5.78. The molecule has 1 atom stereocenters. The van der Waals surface area contributed by atoms with Gasteiger partial charge in [0.1, 0.15) is 0 Å². The molecule has 0 aromatic heterocycles. The largest absolute Gasteiger partial charge is 0.407 e. The molecule has 0 N–H and O–H groups in total. The molecule has 0 saturated heterocycles. The molecule has 29 heavy (non-hydrogen) atoms. The van der Waals surface area contributed by atoms with Crippen molar-refractivity contribution in [2.24, 2.45) is 5.92 Å². The monoisotopic (exact) mass is 406 g/mol. The van der Waals surface area contributed by atoms with Crippen molar-refractivity contribution < 1.29 is 9.16 Å². The Morgan fingerprint density at radius 1 is 1.03 bits per heavy atom. The maximum Gasteiger partial charge on any atom is 0.261 e. The van der Waals surface area contributed by atoms with Crippen molar-refractivity contribution in [1.82, 2.24) is 0 Å². The third kappa shape index (κ3) is 4.97. The van der Waals surface area contributed by atoms with E-state index in [2.05, 4.69) is 100 Å². The average Bonchev–Trinajstić information content (AvgIpc) is 2.74. The molecule has 1 aliphatic heterocycles. The van der Waals surface area contributed by atoms with Crippen molar-refractivity contribution in [2.45, 2.75) is 38.7 Å². The van der Waals surface area contributed by atoms with E-state index < -0.39 is 8.32 Å². The summed E-state index contributed by atoms with van der Waals surface area (Å²) in [6, 6.07) is 21.7. The maximum absolute atomic E-state index is 6.95. The minimum Gasteiger partial charge on any atom is -0.407 e. The second kappa shape index (κ2) is 9.71. The molecule has 0 saturated carbocycles. The van der Waals surface area contributed by atoms with E-state index in [-0.39, 0.29) is 5.04 Å². The first-order chi connectivity index (χ1) is 13.9. The summed E-state index contributed by atoms with van der Waals surface area (Å²) >= 11 is 0. The predicted octanol–water partition coefficient (Wildman–Crippen LogP) is 5.10. The minimum absolute atomic E-state index is 0.0205. The van der Waals surface area contributed by atoms with E-state index in [1.165, 1.54) is 15.9 Å². The van der Waals surface area contributed by atoms with Crippen LogP contribution < -0.4 is 10.4 Å². The first-order valence-corrected chi connectivity index (χ1v) is 12.5. The fraction of sp³-hybridized carbons (Fsp3) is 0.385. The Labute approximate surface area is 177 Å². The van der Waals surface area contributed by atoms with Crippen LogP contribution in [0.3, 0.4) is 0 Å². The van der Waals surface area contributed by atoms with E-state index in [9.17, 15) is 0 Å². The van der Waals surface area contributed by atoms with Crippen LogP contribution in [0.2, 0.25) is 5.04 Å². The molecule has 0 radical (unpaired) electrons. The summed E-state index contributed by atoms with van der Waals surface area (Å²) in [6.07, 6.45) is 6.28. The van der Waals surface area contributed by atoms with Gasteiger partial charge in [-0.15, -0.1) is 0 Å². The Morgan fingerprint density at radius 2 is 1.62 bits per heavy atom. The average molecular weight is 407 g/mol. The Hall–Kier alpha value is -1.94. The molecule has 3 rings (SSSR count). The molecule has 0 spiro atoms. The second-order valence-electron chi connectivity index (χ2n) is 8.85. The van der Waals surface area contributed by atoms with Gasteiger partial charge in [-0.25, -0.2) is 0 Å². The number of benzene rings is 2. The van der Waals surface area contributed by atoms with Gasteiger partial charge in [0.2, 0.25) is 0 Å². The fourth-order valence-electron chi connectivity index (χ4n) is 4.26. The molecule has 0 amide bonds. The number of hydrogen-bond donors (Lipinski definition) is 0. The van der Waals surface area contributed by atoms with Gasteiger partial charge < -0.3 is 9.16 Å². The van der Waals surface area contributed by atoms with Gasteiger partial charge in [-0.1, -0.05) is 106 Å². The van der Waals surface area contributed by atoms with Gasteiger partial charge in [-0.05, 0) is 28.3 Å². The molecule has 0 aliphatic carbocycles. The van der Waals surface area contributed by atoms with Crippen molar-refractivity contribution in [3.8, 4) is 0 Å². The van der Waals surface area contributed by atoms with E-state index in [0.29, 0.717) is 5.92 Å². The summed E-state index contributed by atoms with van der Waals surface area (Å²) < 4.78 is 12.5. The van der Waals surface area contributed by atoms with Crippen LogP contribution in [-0.2, 0) is 9.16 Å². The minimum atomic E-state index is -2.43. The quantitative estimate of drug-likeness (QED) is 0.345. The highest BCUT2D eigenvalue weighted by Gasteiger charge is 2.49. The van der Waals surface area contributed by atoms with Crippen molar-refractivity contribution in [3.63, 3.8) is 0 Å². The lowest BCUT2D eigenvalue weighted by atomic mass is 9.96. The summed E-state index contributed by atoms with van der Waals surface area (Å²) in [5, 5.41) is 2.69. The van der Waals surface area contributed by atoms with Crippen LogP contribution in [0.25, 0.3) is 0 Å². The third-order valence-corrected chi connectivity index (χ3v) is 10.8. The molecule has 2 aromatic carbocycles. The zero-order chi connectivity index (χ0) is 20.7. The smallest absolute Gasteiger partial charge is 0.261 e. The van der Waals surface area contributed by atoms with Gasteiger partial charge in [0.25, 0.3) is 8.32 Å². The van der Waals surface area contributed by atoms with E-state index >= 15 is 0 Å². The van der Waals surface area contributed by atoms with Crippen LogP contribution in [0.5, 0.6) is 0 Å². The highest BCUT2D eigenvalue weighted by atomic mass is 28.4. The van der Waals surface area contributed by atoms with Crippen LogP contribution in [-0.4, -0.2) is 28.1 Å². The van der Waals surface area contributed by atoms with Crippen LogP contribution in [0.1, 0.15) is 33.6 Å². The normalized spacial score (nSPS) is 17.3. The van der Waals surface area contributed by atoms with E-state index in [4.69, 9.17) is 9.16 Å². The summed E-state index contributed by atoms with van der Waals surface area (Å²) in [7, 11) is -2.43. The maximum atomic E-state index is 6.95. The van der Waals surface area contributed by atoms with Gasteiger partial charge >= 0.3 is 0 Å². The van der Waals surface area contributed by atoms with E-state index in [1.807, 2.05) is 0 Å². The molecule has 1 heterocycles. The van der Waals surface area contributed by atoms with Gasteiger partial charge in [-0.2, -0.15) is 0 Å². The van der Waals surface area contributed by atoms with Crippen LogP contribution in [0, 0.1) is 5.92 Å². The Morgan fingerprint density at radius 3 is 2.10 bits per heavy atom. The molecule has 1 unspecified atom stereocenters. The molecular formula is C26H34O2Si. The standard InChI is InChI=1S/C26H34O2Si/c1-22(23-14-12-19-27-21-23)13-11-20-28-29(26(2,3)4,24-15-7-5-8-16-24)25-17-9-6-10-18-25/h5-10,12,14-18,23H,1,11,13,19-21H2,2-4H3. The molecule has 2 nitrogen and oxygen atoms in total. The fourth-order valence-corrected chi connectivity index (χ4v) is 8.87. The molecule has 3 heteroatoms. The molecule has 0 fully saturated rings. The summed E-state index contributed by atoms with van der Waals surface area (Å²) in [5.74, 6) is 0.344. The molecule has 1 aliphatic rings. The van der Waals surface area contributed by atoms with Crippen LogP contribution >= 0.6 is 0 Å². The Balaban J connectivity index is 1.79. The van der Waals surface area contributed by atoms with Crippen LogP contribution in [0.15, 0.2) is 85.0 Å². The highest BCUT2D eigenvalue weighted by Crippen LogP contribution is 2.37. The van der Waals surface area contributed by atoms with E-state index in [1.54, 1.807) is 0 Å². The number of rotatable bonds is 8. The summed E-state index contributed by atoms with van der Waals surface area (Å²) in [6.45, 7) is 13.5. The predicted molar refractivity (Wildman–Crippen MR) is 125 cm³/mol. The van der Waals surface area contributed by atoms with E-state index in [0.717, 1.165) is 32.7 Å². The lowest BCUT2D eigenvalue weighted by Gasteiger charge is -2.43. The Kier molecular flexibility index (Phi) is 7.28. The number of hydrogen-bond acceptors (Lipinski definition) is 2. The summed E-state index contributed by atoms with van der Waals surface area (Å²) in [4.78, 5) is 0. The molecule has 154 valence electrons. The lowest BCUT2D eigenvalue weighted by molar-refractivity contribution is 0.134. The van der Waals surface area contributed by atoms with Crippen LogP contribution in [0.4, 0.5) is 0 Å². The molecule has 2 aromatic rings. The van der Waals surface area contributed by atoms with Gasteiger partial charge in [0.15, 0.2) is 0 Å². The van der Waals surface area contributed by atoms with Gasteiger partial charge in [-0.3, -0.25) is 0 Å². The Bertz CT molecular complexity index is 766. The zero-order valence-electron chi connectivity index (χ0n) is 18.1. The topological polar surface area (TPSA) is 18.5 Å². The van der Waals surface area contributed by atoms with Gasteiger partial charge in [0.05, 0.1) is 13.2 Å². The van der Waals surface area contributed by atoms with Crippen molar-refractivity contribution >= 4 is 18.7 Å². The molecular weight excluding hydrogens is 372 g/mol. The van der Waals surface area contributed by atoms with Crippen molar-refractivity contribution in [3.05, 3.63) is 85.0 Å². The first-order valence-electron chi connectivity index (χ1n) is 10.6. The van der Waals surface area contributed by atoms with Crippen molar-refractivity contribution in [2.75, 3.05) is 19.8 Å². The number of ether oxygens (including phenoxy) is 1. The van der Waals surface area contributed by atoms with Crippen molar-refractivity contribution in [1.29, 1.82) is 0 Å². The second-order valence-corrected chi connectivity index (χ2v) is 13.2. The van der Waals surface area contributed by atoms with Gasteiger partial charge in [0, 0.05) is 12.5 Å².